The molecule has 1 saturated carbocycles. The van der Waals surface area contributed by atoms with Crippen LogP contribution < -0.4 is 0 Å². The Labute approximate surface area is 72.9 Å². The largest absolute Gasteiger partial charge is 0.299 e. The number of nitriles is 1. The fourth-order valence-corrected chi connectivity index (χ4v) is 1.77. The third kappa shape index (κ3) is 1.40. The summed E-state index contributed by atoms with van der Waals surface area (Å²) in [5, 5.41) is 8.71. The van der Waals surface area contributed by atoms with E-state index in [1.54, 1.807) is 6.08 Å². The number of carbonyl (C=O) groups excluding carboxylic acids is 1. The van der Waals surface area contributed by atoms with Crippen LogP contribution in [0.3, 0.4) is 0 Å². The van der Waals surface area contributed by atoms with Crippen molar-refractivity contribution in [2.75, 3.05) is 0 Å². The lowest BCUT2D eigenvalue weighted by Gasteiger charge is -2.02. The van der Waals surface area contributed by atoms with E-state index in [2.05, 4.69) is 12.6 Å². The number of carbonyl (C=O) groups is 1. The minimum absolute atomic E-state index is 0.0575. The first-order chi connectivity index (χ1) is 5.70. The van der Waals surface area contributed by atoms with Gasteiger partial charge in [0, 0.05) is 11.8 Å². The second-order valence-electron chi connectivity index (χ2n) is 3.38. The highest BCUT2D eigenvalue weighted by Gasteiger charge is 2.38. The van der Waals surface area contributed by atoms with Crippen LogP contribution >= 0.6 is 0 Å². The molecule has 0 aromatic rings. The van der Waals surface area contributed by atoms with Gasteiger partial charge in [0.25, 0.3) is 0 Å². The highest BCUT2D eigenvalue weighted by atomic mass is 16.1. The van der Waals surface area contributed by atoms with Crippen LogP contribution in [0.2, 0.25) is 0 Å². The van der Waals surface area contributed by atoms with Gasteiger partial charge < -0.3 is 0 Å². The fourth-order valence-electron chi connectivity index (χ4n) is 1.77. The quantitative estimate of drug-likeness (QED) is 0.583. The SMILES string of the molecule is C=CCC1CC(C#N)C(C)C1=O. The molecule has 1 rings (SSSR count). The van der Waals surface area contributed by atoms with E-state index < -0.39 is 0 Å². The van der Waals surface area contributed by atoms with E-state index in [0.717, 1.165) is 12.8 Å². The van der Waals surface area contributed by atoms with Gasteiger partial charge in [-0.05, 0) is 12.8 Å². The zero-order valence-corrected chi connectivity index (χ0v) is 7.29. The molecule has 1 fully saturated rings. The van der Waals surface area contributed by atoms with E-state index in [9.17, 15) is 4.79 Å². The van der Waals surface area contributed by atoms with Crippen molar-refractivity contribution in [1.29, 1.82) is 5.26 Å². The van der Waals surface area contributed by atoms with Crippen LogP contribution in [0, 0.1) is 29.1 Å². The predicted octanol–water partition coefficient (Wildman–Crippen LogP) is 1.93. The van der Waals surface area contributed by atoms with Gasteiger partial charge in [0.05, 0.1) is 12.0 Å². The zero-order chi connectivity index (χ0) is 9.14. The second-order valence-corrected chi connectivity index (χ2v) is 3.38. The van der Waals surface area contributed by atoms with Crippen molar-refractivity contribution >= 4 is 5.78 Å². The average Bonchev–Trinajstić information content (AvgIpc) is 2.33. The Morgan fingerprint density at radius 2 is 2.50 bits per heavy atom. The molecule has 0 heterocycles. The van der Waals surface area contributed by atoms with Crippen molar-refractivity contribution in [2.24, 2.45) is 17.8 Å². The summed E-state index contributed by atoms with van der Waals surface area (Å²) >= 11 is 0. The monoisotopic (exact) mass is 163 g/mol. The molecule has 0 amide bonds. The number of ketones is 1. The summed E-state index contributed by atoms with van der Waals surface area (Å²) in [6.45, 7) is 5.45. The summed E-state index contributed by atoms with van der Waals surface area (Å²) in [5.74, 6) is 0.158. The van der Waals surface area contributed by atoms with E-state index in [1.165, 1.54) is 0 Å². The number of rotatable bonds is 2. The van der Waals surface area contributed by atoms with Crippen LogP contribution in [-0.2, 0) is 4.79 Å². The van der Waals surface area contributed by atoms with Crippen molar-refractivity contribution in [3.05, 3.63) is 12.7 Å². The molecule has 0 aromatic heterocycles. The number of Topliss-reactive ketones (excluding diaryl/α,β-unsaturated/α-hetero) is 1. The first kappa shape index (κ1) is 8.99. The first-order valence-corrected chi connectivity index (χ1v) is 4.25. The lowest BCUT2D eigenvalue weighted by Crippen LogP contribution is -2.12. The van der Waals surface area contributed by atoms with Crippen molar-refractivity contribution < 1.29 is 4.79 Å². The Morgan fingerprint density at radius 3 is 2.92 bits per heavy atom. The van der Waals surface area contributed by atoms with Crippen LogP contribution in [0.25, 0.3) is 0 Å². The van der Waals surface area contributed by atoms with E-state index in [1.807, 2.05) is 6.92 Å². The predicted molar refractivity (Wildman–Crippen MR) is 46.2 cm³/mol. The number of allylic oxidation sites excluding steroid dienone is 1. The maximum Gasteiger partial charge on any atom is 0.140 e. The maximum atomic E-state index is 11.5. The van der Waals surface area contributed by atoms with E-state index in [-0.39, 0.29) is 23.5 Å². The van der Waals surface area contributed by atoms with Crippen LogP contribution in [-0.4, -0.2) is 5.78 Å². The Balaban J connectivity index is 2.68. The minimum atomic E-state index is -0.0695. The summed E-state index contributed by atoms with van der Waals surface area (Å²) < 4.78 is 0. The molecule has 0 N–H and O–H groups in total. The molecule has 12 heavy (non-hydrogen) atoms. The summed E-state index contributed by atoms with van der Waals surface area (Å²) in [7, 11) is 0. The van der Waals surface area contributed by atoms with Gasteiger partial charge in [0.1, 0.15) is 5.78 Å². The molecule has 1 aliphatic carbocycles. The molecule has 0 aliphatic heterocycles. The summed E-state index contributed by atoms with van der Waals surface area (Å²) in [6, 6.07) is 2.18. The normalized spacial score (nSPS) is 34.7. The number of nitrogens with zero attached hydrogens (tertiary/aromatic N) is 1. The summed E-state index contributed by atoms with van der Waals surface area (Å²) in [4.78, 5) is 11.5. The zero-order valence-electron chi connectivity index (χ0n) is 7.29. The highest BCUT2D eigenvalue weighted by molar-refractivity contribution is 5.86. The Kier molecular flexibility index (Phi) is 2.65. The topological polar surface area (TPSA) is 40.9 Å². The fraction of sp³-hybridized carbons (Fsp3) is 0.600. The van der Waals surface area contributed by atoms with Crippen molar-refractivity contribution in [3.63, 3.8) is 0 Å². The first-order valence-electron chi connectivity index (χ1n) is 4.25. The third-order valence-electron chi connectivity index (χ3n) is 2.61. The Morgan fingerprint density at radius 1 is 1.83 bits per heavy atom. The van der Waals surface area contributed by atoms with E-state index in [4.69, 9.17) is 5.26 Å². The second kappa shape index (κ2) is 3.53. The van der Waals surface area contributed by atoms with Gasteiger partial charge in [-0.3, -0.25) is 4.79 Å². The van der Waals surface area contributed by atoms with Crippen molar-refractivity contribution in [1.82, 2.24) is 0 Å². The van der Waals surface area contributed by atoms with E-state index >= 15 is 0 Å². The molecule has 3 atom stereocenters. The van der Waals surface area contributed by atoms with Gasteiger partial charge >= 0.3 is 0 Å². The smallest absolute Gasteiger partial charge is 0.140 e. The molecule has 0 aromatic carbocycles. The molecule has 2 heteroatoms. The lowest BCUT2D eigenvalue weighted by molar-refractivity contribution is -0.123. The molecular weight excluding hydrogens is 150 g/mol. The Bertz CT molecular complexity index is 239. The van der Waals surface area contributed by atoms with Gasteiger partial charge in [-0.25, -0.2) is 0 Å². The van der Waals surface area contributed by atoms with Gasteiger partial charge in [-0.1, -0.05) is 13.0 Å². The van der Waals surface area contributed by atoms with Crippen LogP contribution in [0.5, 0.6) is 0 Å². The lowest BCUT2D eigenvalue weighted by atomic mass is 10.00. The molecule has 1 aliphatic rings. The van der Waals surface area contributed by atoms with Gasteiger partial charge in [0.2, 0.25) is 0 Å². The average molecular weight is 163 g/mol. The number of hydrogen-bond donors (Lipinski definition) is 0. The van der Waals surface area contributed by atoms with Crippen LogP contribution in [0.1, 0.15) is 19.8 Å². The minimum Gasteiger partial charge on any atom is -0.299 e. The molecule has 0 bridgehead atoms. The van der Waals surface area contributed by atoms with Gasteiger partial charge in [-0.2, -0.15) is 5.26 Å². The summed E-state index contributed by atoms with van der Waals surface area (Å²) in [6.07, 6.45) is 3.21. The number of hydrogen-bond acceptors (Lipinski definition) is 2. The van der Waals surface area contributed by atoms with Crippen molar-refractivity contribution in [3.8, 4) is 6.07 Å². The van der Waals surface area contributed by atoms with Gasteiger partial charge in [-0.15, -0.1) is 6.58 Å². The van der Waals surface area contributed by atoms with Crippen LogP contribution in [0.4, 0.5) is 0 Å². The van der Waals surface area contributed by atoms with E-state index in [0.29, 0.717) is 0 Å². The molecule has 3 unspecified atom stereocenters. The molecule has 0 saturated heterocycles. The standard InChI is InChI=1S/C10H13NO/c1-3-4-8-5-9(6-11)7(2)10(8)12/h3,7-9H,1,4-5H2,2H3. The molecule has 0 radical (unpaired) electrons. The highest BCUT2D eigenvalue weighted by Crippen LogP contribution is 2.34. The molecule has 0 spiro atoms. The maximum absolute atomic E-state index is 11.5. The van der Waals surface area contributed by atoms with Crippen molar-refractivity contribution in [2.45, 2.75) is 19.8 Å². The molecule has 2 nitrogen and oxygen atoms in total. The Hall–Kier alpha value is -1.10. The van der Waals surface area contributed by atoms with Crippen LogP contribution in [0.15, 0.2) is 12.7 Å². The molecular formula is C10H13NO. The summed E-state index contributed by atoms with van der Waals surface area (Å²) in [5.41, 5.74) is 0. The molecule has 64 valence electrons. The third-order valence-corrected chi connectivity index (χ3v) is 2.61. The van der Waals surface area contributed by atoms with Gasteiger partial charge in [0.15, 0.2) is 0 Å².